The molecule has 186 valence electrons. The van der Waals surface area contributed by atoms with E-state index in [1.54, 1.807) is 13.2 Å². The van der Waals surface area contributed by atoms with Gasteiger partial charge >= 0.3 is 5.97 Å². The zero-order valence-corrected chi connectivity index (χ0v) is 23.2. The van der Waals surface area contributed by atoms with E-state index in [1.165, 1.54) is 22.2 Å². The number of nitrogens with zero attached hydrogens (tertiary/aromatic N) is 1. The van der Waals surface area contributed by atoms with E-state index in [2.05, 4.69) is 15.9 Å². The number of thiocarbonyl (C=S) groups is 1. The minimum absolute atomic E-state index is 0.170. The molecule has 0 atom stereocenters. The van der Waals surface area contributed by atoms with E-state index in [4.69, 9.17) is 26.4 Å². The van der Waals surface area contributed by atoms with Gasteiger partial charge in [0.1, 0.15) is 10.9 Å². The summed E-state index contributed by atoms with van der Waals surface area (Å²) in [6.07, 6.45) is 3.32. The largest absolute Gasteiger partial charge is 0.493 e. The van der Waals surface area contributed by atoms with Crippen molar-refractivity contribution < 1.29 is 23.8 Å². The second kappa shape index (κ2) is 13.1. The maximum Gasteiger partial charge on any atom is 0.305 e. The predicted octanol–water partition coefficient (Wildman–Crippen LogP) is 6.28. The van der Waals surface area contributed by atoms with Gasteiger partial charge in [-0.15, -0.1) is 0 Å². The fourth-order valence-corrected chi connectivity index (χ4v) is 5.20. The van der Waals surface area contributed by atoms with Crippen LogP contribution in [0.1, 0.15) is 42.9 Å². The van der Waals surface area contributed by atoms with Gasteiger partial charge in [-0.2, -0.15) is 0 Å². The zero-order chi connectivity index (χ0) is 25.4. The van der Waals surface area contributed by atoms with Crippen LogP contribution in [0.4, 0.5) is 0 Å². The van der Waals surface area contributed by atoms with Crippen LogP contribution in [0.3, 0.4) is 0 Å². The monoisotopic (exact) mass is 577 g/mol. The van der Waals surface area contributed by atoms with Gasteiger partial charge in [-0.1, -0.05) is 60.7 Å². The average molecular weight is 579 g/mol. The minimum atomic E-state index is -0.255. The Labute approximate surface area is 224 Å². The molecule has 3 rings (SSSR count). The Hall–Kier alpha value is -2.36. The molecule has 0 saturated carbocycles. The highest BCUT2D eigenvalue weighted by molar-refractivity contribution is 9.10. The van der Waals surface area contributed by atoms with Crippen LogP contribution in [0.25, 0.3) is 6.08 Å². The molecule has 0 radical (unpaired) electrons. The second-order valence-corrected chi connectivity index (χ2v) is 10.5. The molecule has 1 aliphatic heterocycles. The third kappa shape index (κ3) is 7.56. The quantitative estimate of drug-likeness (QED) is 0.177. The normalized spacial score (nSPS) is 14.5. The highest BCUT2D eigenvalue weighted by Crippen LogP contribution is 2.39. The molecule has 0 aliphatic carbocycles. The first-order valence-corrected chi connectivity index (χ1v) is 13.3. The summed E-state index contributed by atoms with van der Waals surface area (Å²) in [7, 11) is 1.58. The molecule has 0 bridgehead atoms. The van der Waals surface area contributed by atoms with Crippen molar-refractivity contribution in [2.24, 2.45) is 0 Å². The third-order valence-electron chi connectivity index (χ3n) is 5.16. The number of hydrogen-bond acceptors (Lipinski definition) is 7. The molecular weight excluding hydrogens is 550 g/mol. The van der Waals surface area contributed by atoms with Crippen LogP contribution < -0.4 is 9.47 Å². The SMILES string of the molecule is CCCOC(=O)CCCN1C(=O)/C(=C/c2cc(Br)c(OCc3ccc(C)cc3)c(OC)c2)SC1=S. The molecule has 1 heterocycles. The molecule has 2 aromatic rings. The first-order chi connectivity index (χ1) is 16.8. The van der Waals surface area contributed by atoms with Gasteiger partial charge in [0.25, 0.3) is 5.91 Å². The van der Waals surface area contributed by atoms with Gasteiger partial charge in [0, 0.05) is 13.0 Å². The number of carbonyl (C=O) groups excluding carboxylic acids is 2. The van der Waals surface area contributed by atoms with Crippen molar-refractivity contribution in [2.75, 3.05) is 20.3 Å². The van der Waals surface area contributed by atoms with Gasteiger partial charge < -0.3 is 14.2 Å². The van der Waals surface area contributed by atoms with E-state index in [-0.39, 0.29) is 18.3 Å². The molecule has 1 fully saturated rings. The summed E-state index contributed by atoms with van der Waals surface area (Å²) in [5, 5.41) is 0. The molecule has 0 spiro atoms. The molecular formula is C26H28BrNO5S2. The summed E-state index contributed by atoms with van der Waals surface area (Å²) >= 11 is 10.2. The molecule has 6 nitrogen and oxygen atoms in total. The van der Waals surface area contributed by atoms with E-state index in [0.29, 0.717) is 46.9 Å². The van der Waals surface area contributed by atoms with Gasteiger partial charge in [0.05, 0.1) is 23.1 Å². The minimum Gasteiger partial charge on any atom is -0.493 e. The molecule has 1 amide bonds. The highest BCUT2D eigenvalue weighted by Gasteiger charge is 2.31. The van der Waals surface area contributed by atoms with E-state index in [9.17, 15) is 9.59 Å². The number of thioether (sulfide) groups is 1. The van der Waals surface area contributed by atoms with Gasteiger partial charge in [0.15, 0.2) is 11.5 Å². The lowest BCUT2D eigenvalue weighted by atomic mass is 10.1. The number of halogens is 1. The lowest BCUT2D eigenvalue weighted by Crippen LogP contribution is -2.29. The maximum absolute atomic E-state index is 12.9. The third-order valence-corrected chi connectivity index (χ3v) is 7.12. The van der Waals surface area contributed by atoms with Crippen LogP contribution >= 0.6 is 39.9 Å². The van der Waals surface area contributed by atoms with Crippen LogP contribution in [0.2, 0.25) is 0 Å². The molecule has 9 heteroatoms. The van der Waals surface area contributed by atoms with E-state index in [0.717, 1.165) is 22.0 Å². The van der Waals surface area contributed by atoms with Crippen LogP contribution in [0.5, 0.6) is 11.5 Å². The van der Waals surface area contributed by atoms with Gasteiger partial charge in [0.2, 0.25) is 0 Å². The molecule has 35 heavy (non-hydrogen) atoms. The van der Waals surface area contributed by atoms with Crippen molar-refractivity contribution in [3.05, 3.63) is 62.5 Å². The van der Waals surface area contributed by atoms with Crippen molar-refractivity contribution in [3.8, 4) is 11.5 Å². The molecule has 0 unspecified atom stereocenters. The lowest BCUT2D eigenvalue weighted by molar-refractivity contribution is -0.144. The average Bonchev–Trinajstić information content (AvgIpc) is 3.10. The molecule has 0 N–H and O–H groups in total. The van der Waals surface area contributed by atoms with Crippen LogP contribution in [-0.4, -0.2) is 41.4 Å². The van der Waals surface area contributed by atoms with Crippen molar-refractivity contribution in [2.45, 2.75) is 39.7 Å². The Bertz CT molecular complexity index is 1120. The Morgan fingerprint density at radius 3 is 2.66 bits per heavy atom. The smallest absolute Gasteiger partial charge is 0.305 e. The Balaban J connectivity index is 1.67. The Morgan fingerprint density at radius 2 is 1.97 bits per heavy atom. The second-order valence-electron chi connectivity index (χ2n) is 7.97. The number of ether oxygens (including phenoxy) is 3. The van der Waals surface area contributed by atoms with Crippen molar-refractivity contribution in [1.82, 2.24) is 4.90 Å². The number of carbonyl (C=O) groups is 2. The van der Waals surface area contributed by atoms with Crippen molar-refractivity contribution in [1.29, 1.82) is 0 Å². The first-order valence-electron chi connectivity index (χ1n) is 11.3. The number of amides is 1. The topological polar surface area (TPSA) is 65.1 Å². The number of methoxy groups -OCH3 is 1. The fourth-order valence-electron chi connectivity index (χ4n) is 3.32. The van der Waals surface area contributed by atoms with Gasteiger partial charge in [-0.25, -0.2) is 0 Å². The van der Waals surface area contributed by atoms with E-state index in [1.807, 2.05) is 50.2 Å². The number of hydrogen-bond donors (Lipinski definition) is 0. The maximum atomic E-state index is 12.9. The van der Waals surface area contributed by atoms with Crippen molar-refractivity contribution in [3.63, 3.8) is 0 Å². The summed E-state index contributed by atoms with van der Waals surface area (Å²) in [4.78, 5) is 26.7. The molecule has 1 saturated heterocycles. The lowest BCUT2D eigenvalue weighted by Gasteiger charge is -2.14. The summed E-state index contributed by atoms with van der Waals surface area (Å²) in [6, 6.07) is 11.8. The zero-order valence-electron chi connectivity index (χ0n) is 20.0. The van der Waals surface area contributed by atoms with Gasteiger partial charge in [-0.05, 0) is 65.0 Å². The summed E-state index contributed by atoms with van der Waals surface area (Å²) in [5.74, 6) is 0.720. The van der Waals surface area contributed by atoms with Crippen molar-refractivity contribution >= 4 is 62.2 Å². The number of rotatable bonds is 11. The van der Waals surface area contributed by atoms with E-state index < -0.39 is 0 Å². The summed E-state index contributed by atoms with van der Waals surface area (Å²) < 4.78 is 17.9. The molecule has 2 aromatic carbocycles. The summed E-state index contributed by atoms with van der Waals surface area (Å²) in [6.45, 7) is 5.18. The standard InChI is InChI=1S/C26H28BrNO5S2/c1-4-12-32-23(29)6-5-11-28-25(30)22(35-26(28)34)15-19-13-20(27)24(21(14-19)31-3)33-16-18-9-7-17(2)8-10-18/h7-10,13-15H,4-6,11-12,16H2,1-3H3/b22-15-. The highest BCUT2D eigenvalue weighted by atomic mass is 79.9. The number of benzene rings is 2. The van der Waals surface area contributed by atoms with Crippen LogP contribution in [-0.2, 0) is 20.9 Å². The Kier molecular flexibility index (Phi) is 10.2. The first kappa shape index (κ1) is 27.2. The van der Waals surface area contributed by atoms with Crippen LogP contribution in [0, 0.1) is 6.92 Å². The fraction of sp³-hybridized carbons (Fsp3) is 0.346. The predicted molar refractivity (Wildman–Crippen MR) is 147 cm³/mol. The number of esters is 1. The summed E-state index contributed by atoms with van der Waals surface area (Å²) in [5.41, 5.74) is 3.02. The molecule has 0 aromatic heterocycles. The molecule has 1 aliphatic rings. The van der Waals surface area contributed by atoms with Crippen LogP contribution in [0.15, 0.2) is 45.8 Å². The number of aryl methyl sites for hydroxylation is 1. The van der Waals surface area contributed by atoms with E-state index >= 15 is 0 Å². The van der Waals surface area contributed by atoms with Gasteiger partial charge in [-0.3, -0.25) is 14.5 Å². The Morgan fingerprint density at radius 1 is 1.23 bits per heavy atom.